The summed E-state index contributed by atoms with van der Waals surface area (Å²) in [6.45, 7) is 7.67. The van der Waals surface area contributed by atoms with Crippen molar-refractivity contribution in [1.29, 1.82) is 0 Å². The fourth-order valence-corrected chi connectivity index (χ4v) is 2.54. The van der Waals surface area contributed by atoms with E-state index in [1.54, 1.807) is 0 Å². The number of rotatable bonds is 3. The summed E-state index contributed by atoms with van der Waals surface area (Å²) in [6.07, 6.45) is 2.24. The molecule has 76 valence electrons. The van der Waals surface area contributed by atoms with E-state index in [0.717, 1.165) is 0 Å². The molecule has 0 aliphatic carbocycles. The summed E-state index contributed by atoms with van der Waals surface area (Å²) in [5.74, 6) is 0. The summed E-state index contributed by atoms with van der Waals surface area (Å²) >= 11 is 0. The molecule has 0 unspecified atom stereocenters. The van der Waals surface area contributed by atoms with E-state index >= 15 is 0 Å². The van der Waals surface area contributed by atoms with E-state index in [9.17, 15) is 0 Å². The Morgan fingerprint density at radius 3 is 2.21 bits per heavy atom. The first kappa shape index (κ1) is 11.2. The largest absolute Gasteiger partial charge is 0.327 e. The molecule has 1 nitrogen and oxygen atoms in total. The summed E-state index contributed by atoms with van der Waals surface area (Å²) in [7, 11) is -1.23. The fraction of sp³-hybridized carbons (Fsp3) is 0.333. The van der Waals surface area contributed by atoms with Crippen molar-refractivity contribution >= 4 is 14.1 Å². The Morgan fingerprint density at radius 1 is 1.21 bits per heavy atom. The van der Waals surface area contributed by atoms with Crippen LogP contribution in [0.3, 0.4) is 0 Å². The van der Waals surface area contributed by atoms with Crippen LogP contribution in [0, 0.1) is 0 Å². The third-order valence-corrected chi connectivity index (χ3v) is 4.60. The van der Waals surface area contributed by atoms with E-state index in [-0.39, 0.29) is 0 Å². The second-order valence-electron chi connectivity index (χ2n) is 4.53. The monoisotopic (exact) mass is 205 g/mol. The van der Waals surface area contributed by atoms with Crippen LogP contribution in [0.15, 0.2) is 35.5 Å². The van der Waals surface area contributed by atoms with Crippen LogP contribution in [0.1, 0.15) is 5.56 Å². The van der Waals surface area contributed by atoms with Gasteiger partial charge in [0.05, 0.1) is 8.07 Å². The minimum absolute atomic E-state index is 0.685. The SMILES string of the molecule is C[Si](C)(C)C(=Cc1ccccc1)CN. The van der Waals surface area contributed by atoms with Crippen molar-refractivity contribution in [2.45, 2.75) is 19.6 Å². The molecule has 0 radical (unpaired) electrons. The molecule has 2 N–H and O–H groups in total. The Bertz CT molecular complexity index is 309. The van der Waals surface area contributed by atoms with E-state index in [1.165, 1.54) is 10.8 Å². The molecule has 0 saturated heterocycles. The highest BCUT2D eigenvalue weighted by atomic mass is 28.3. The maximum atomic E-state index is 5.77. The molecule has 0 spiro atoms. The lowest BCUT2D eigenvalue weighted by Gasteiger charge is -2.19. The fourth-order valence-electron chi connectivity index (χ4n) is 1.33. The Kier molecular flexibility index (Phi) is 3.67. The van der Waals surface area contributed by atoms with E-state index < -0.39 is 8.07 Å². The summed E-state index contributed by atoms with van der Waals surface area (Å²) < 4.78 is 0. The third kappa shape index (κ3) is 3.12. The smallest absolute Gasteiger partial charge is 0.0741 e. The Labute approximate surface area is 87.7 Å². The van der Waals surface area contributed by atoms with Gasteiger partial charge in [-0.3, -0.25) is 0 Å². The average molecular weight is 205 g/mol. The second kappa shape index (κ2) is 4.58. The quantitative estimate of drug-likeness (QED) is 0.754. The van der Waals surface area contributed by atoms with Crippen molar-refractivity contribution in [3.8, 4) is 0 Å². The first-order valence-corrected chi connectivity index (χ1v) is 8.50. The van der Waals surface area contributed by atoms with Crippen molar-refractivity contribution in [2.24, 2.45) is 5.73 Å². The molecule has 2 heteroatoms. The zero-order valence-corrected chi connectivity index (χ0v) is 10.2. The van der Waals surface area contributed by atoms with Crippen LogP contribution >= 0.6 is 0 Å². The molecule has 1 aromatic rings. The number of nitrogens with two attached hydrogens (primary N) is 1. The van der Waals surface area contributed by atoms with Crippen LogP contribution in [0.4, 0.5) is 0 Å². The molecule has 0 aliphatic rings. The number of benzene rings is 1. The van der Waals surface area contributed by atoms with Crippen molar-refractivity contribution in [3.05, 3.63) is 41.1 Å². The first-order chi connectivity index (χ1) is 6.54. The van der Waals surface area contributed by atoms with E-state index in [1.807, 2.05) is 6.07 Å². The Hall–Kier alpha value is -0.863. The molecule has 0 heterocycles. The van der Waals surface area contributed by atoms with Gasteiger partial charge in [0.25, 0.3) is 0 Å². The standard InChI is InChI=1S/C12H19NSi/c1-14(2,3)12(10-13)9-11-7-5-4-6-8-11/h4-9H,10,13H2,1-3H3. The Balaban J connectivity index is 2.96. The summed E-state index contributed by atoms with van der Waals surface area (Å²) in [5, 5.41) is 1.42. The molecule has 0 bridgehead atoms. The van der Waals surface area contributed by atoms with E-state index in [2.05, 4.69) is 50.0 Å². The molecule has 0 fully saturated rings. The minimum Gasteiger partial charge on any atom is -0.327 e. The van der Waals surface area contributed by atoms with Gasteiger partial charge < -0.3 is 5.73 Å². The molecule has 0 aromatic heterocycles. The molecule has 1 aromatic carbocycles. The summed E-state index contributed by atoms with van der Waals surface area (Å²) in [6, 6.07) is 10.4. The molecule has 0 aliphatic heterocycles. The van der Waals surface area contributed by atoms with Gasteiger partial charge in [0, 0.05) is 6.54 Å². The lowest BCUT2D eigenvalue weighted by molar-refractivity contribution is 1.21. The van der Waals surface area contributed by atoms with Gasteiger partial charge in [-0.1, -0.05) is 61.2 Å². The predicted octanol–water partition coefficient (Wildman–Crippen LogP) is 2.91. The number of hydrogen-bond acceptors (Lipinski definition) is 1. The van der Waals surface area contributed by atoms with Gasteiger partial charge >= 0.3 is 0 Å². The van der Waals surface area contributed by atoms with Crippen molar-refractivity contribution in [1.82, 2.24) is 0 Å². The molecule has 14 heavy (non-hydrogen) atoms. The molecule has 0 atom stereocenters. The summed E-state index contributed by atoms with van der Waals surface area (Å²) in [5.41, 5.74) is 7.03. The molecule has 0 saturated carbocycles. The zero-order valence-electron chi connectivity index (χ0n) is 9.25. The highest BCUT2D eigenvalue weighted by molar-refractivity contribution is 6.83. The lowest BCUT2D eigenvalue weighted by Crippen LogP contribution is -2.28. The summed E-state index contributed by atoms with van der Waals surface area (Å²) in [4.78, 5) is 0. The second-order valence-corrected chi connectivity index (χ2v) is 9.68. The van der Waals surface area contributed by atoms with Gasteiger partial charge in [-0.05, 0) is 5.56 Å². The molecular weight excluding hydrogens is 186 g/mol. The Morgan fingerprint density at radius 2 is 1.79 bits per heavy atom. The van der Waals surface area contributed by atoms with Gasteiger partial charge in [0.15, 0.2) is 0 Å². The van der Waals surface area contributed by atoms with Gasteiger partial charge in [-0.15, -0.1) is 0 Å². The lowest BCUT2D eigenvalue weighted by atomic mass is 10.2. The highest BCUT2D eigenvalue weighted by Crippen LogP contribution is 2.16. The normalized spacial score (nSPS) is 13.0. The average Bonchev–Trinajstić information content (AvgIpc) is 2.14. The first-order valence-electron chi connectivity index (χ1n) is 5.00. The van der Waals surface area contributed by atoms with Gasteiger partial charge in [-0.25, -0.2) is 0 Å². The zero-order chi connectivity index (χ0) is 10.6. The van der Waals surface area contributed by atoms with Crippen molar-refractivity contribution < 1.29 is 0 Å². The van der Waals surface area contributed by atoms with Gasteiger partial charge in [0.2, 0.25) is 0 Å². The van der Waals surface area contributed by atoms with Crippen molar-refractivity contribution in [2.75, 3.05) is 6.54 Å². The maximum Gasteiger partial charge on any atom is 0.0741 e. The van der Waals surface area contributed by atoms with Crippen molar-refractivity contribution in [3.63, 3.8) is 0 Å². The van der Waals surface area contributed by atoms with Gasteiger partial charge in [0.1, 0.15) is 0 Å². The molecule has 0 amide bonds. The van der Waals surface area contributed by atoms with E-state index in [0.29, 0.717) is 6.54 Å². The van der Waals surface area contributed by atoms with Gasteiger partial charge in [-0.2, -0.15) is 0 Å². The number of hydrogen-bond donors (Lipinski definition) is 1. The van der Waals surface area contributed by atoms with Crippen LogP contribution in [0.2, 0.25) is 19.6 Å². The van der Waals surface area contributed by atoms with Crippen LogP contribution in [0.25, 0.3) is 6.08 Å². The van der Waals surface area contributed by atoms with E-state index in [4.69, 9.17) is 5.73 Å². The highest BCUT2D eigenvalue weighted by Gasteiger charge is 2.17. The van der Waals surface area contributed by atoms with Crippen LogP contribution in [0.5, 0.6) is 0 Å². The topological polar surface area (TPSA) is 26.0 Å². The molecular formula is C12H19NSi. The van der Waals surface area contributed by atoms with Crippen LogP contribution in [-0.2, 0) is 0 Å². The predicted molar refractivity (Wildman–Crippen MR) is 66.8 cm³/mol. The molecule has 1 rings (SSSR count). The van der Waals surface area contributed by atoms with Crippen LogP contribution in [-0.4, -0.2) is 14.6 Å². The minimum atomic E-state index is -1.23. The maximum absolute atomic E-state index is 5.77. The van der Waals surface area contributed by atoms with Crippen LogP contribution < -0.4 is 5.73 Å². The third-order valence-electron chi connectivity index (χ3n) is 2.32.